The summed E-state index contributed by atoms with van der Waals surface area (Å²) in [5, 5.41) is 0. The molecule has 1 aliphatic rings. The van der Waals surface area contributed by atoms with Gasteiger partial charge in [-0.2, -0.15) is 0 Å². The second kappa shape index (κ2) is 5.62. The molecule has 0 amide bonds. The van der Waals surface area contributed by atoms with E-state index >= 15 is 0 Å². The Morgan fingerprint density at radius 3 is 2.59 bits per heavy atom. The van der Waals surface area contributed by atoms with Gasteiger partial charge in [0.25, 0.3) is 0 Å². The van der Waals surface area contributed by atoms with Crippen LogP contribution in [0.5, 0.6) is 0 Å². The topological polar surface area (TPSA) is 12.4 Å². The summed E-state index contributed by atoms with van der Waals surface area (Å²) < 4.78 is 0. The number of aliphatic imine (C=N–C) groups is 1. The quantitative estimate of drug-likeness (QED) is 0.723. The van der Waals surface area contributed by atoms with E-state index in [1.54, 1.807) is 0 Å². The average molecular weight is 224 g/mol. The van der Waals surface area contributed by atoms with Crippen molar-refractivity contribution in [1.29, 1.82) is 0 Å². The van der Waals surface area contributed by atoms with Gasteiger partial charge in [0.1, 0.15) is 0 Å². The zero-order valence-corrected chi connectivity index (χ0v) is 10.5. The molecule has 1 heterocycles. The Hall–Kier alpha value is -1.63. The smallest absolute Gasteiger partial charge is 0.0699 e. The van der Waals surface area contributed by atoms with Crippen LogP contribution in [0.3, 0.4) is 0 Å². The molecule has 0 saturated heterocycles. The fourth-order valence-corrected chi connectivity index (χ4v) is 2.25. The minimum atomic E-state index is 0.308. The number of hydrogen-bond acceptors (Lipinski definition) is 1. The summed E-state index contributed by atoms with van der Waals surface area (Å²) >= 11 is 0. The first kappa shape index (κ1) is 11.8. The van der Waals surface area contributed by atoms with E-state index in [0.29, 0.717) is 5.92 Å². The largest absolute Gasteiger partial charge is 0.259 e. The molecule has 0 fully saturated rings. The van der Waals surface area contributed by atoms with Crippen molar-refractivity contribution in [2.24, 2.45) is 10.9 Å². The lowest BCUT2D eigenvalue weighted by atomic mass is 9.87. The molecule has 0 saturated carbocycles. The van der Waals surface area contributed by atoms with Gasteiger partial charge in [-0.05, 0) is 35.6 Å². The fourth-order valence-electron chi connectivity index (χ4n) is 2.25. The van der Waals surface area contributed by atoms with Gasteiger partial charge in [0, 0.05) is 12.1 Å². The van der Waals surface area contributed by atoms with E-state index in [9.17, 15) is 0 Å². The maximum absolute atomic E-state index is 4.22. The third-order valence-electron chi connectivity index (χ3n) is 3.15. The van der Waals surface area contributed by atoms with Gasteiger partial charge in [0.2, 0.25) is 0 Å². The minimum absolute atomic E-state index is 0.308. The molecule has 0 aromatic heterocycles. The van der Waals surface area contributed by atoms with E-state index in [1.807, 2.05) is 6.20 Å². The van der Waals surface area contributed by atoms with E-state index in [1.165, 1.54) is 16.7 Å². The van der Waals surface area contributed by atoms with Gasteiger partial charge in [0.15, 0.2) is 0 Å². The molecule has 1 aliphatic heterocycles. The monoisotopic (exact) mass is 224 g/mol. The van der Waals surface area contributed by atoms with Crippen LogP contribution in [0, 0.1) is 5.92 Å². The summed E-state index contributed by atoms with van der Waals surface area (Å²) in [4.78, 5) is 4.22. The molecule has 87 valence electrons. The van der Waals surface area contributed by atoms with Gasteiger partial charge in [-0.15, -0.1) is 0 Å². The van der Waals surface area contributed by atoms with E-state index < -0.39 is 0 Å². The molecule has 0 bridgehead atoms. The number of nitrogens with zero attached hydrogens (tertiary/aromatic N) is 1. The Balaban J connectivity index is 2.53. The van der Waals surface area contributed by atoms with Gasteiger partial charge in [-0.1, -0.05) is 44.2 Å². The first-order valence-corrected chi connectivity index (χ1v) is 6.27. The number of benzene rings is 1. The molecule has 0 spiro atoms. The molecule has 17 heavy (non-hydrogen) atoms. The van der Waals surface area contributed by atoms with Crippen molar-refractivity contribution in [3.63, 3.8) is 0 Å². The number of allylic oxidation sites excluding steroid dienone is 3. The number of hydrogen-bond donors (Lipinski definition) is 0. The van der Waals surface area contributed by atoms with Crippen molar-refractivity contribution in [2.45, 2.75) is 26.7 Å². The van der Waals surface area contributed by atoms with Crippen molar-refractivity contribution >= 4 is 11.8 Å². The van der Waals surface area contributed by atoms with Crippen LogP contribution in [0.1, 0.15) is 32.3 Å². The highest BCUT2D eigenvalue weighted by molar-refractivity contribution is 5.86. The molecule has 1 radical (unpaired) electrons. The molecule has 0 aliphatic carbocycles. The highest BCUT2D eigenvalue weighted by atomic mass is 14.7. The Bertz CT molecular complexity index is 452. The van der Waals surface area contributed by atoms with Crippen molar-refractivity contribution in [2.75, 3.05) is 0 Å². The molecule has 0 N–H and O–H groups in total. The van der Waals surface area contributed by atoms with Gasteiger partial charge in [-0.25, -0.2) is 0 Å². The summed E-state index contributed by atoms with van der Waals surface area (Å²) in [6, 6.07) is 10.6. The molecule has 1 aromatic carbocycles. The van der Waals surface area contributed by atoms with Crippen LogP contribution in [0.25, 0.3) is 5.57 Å². The number of rotatable bonds is 3. The standard InChI is InChI=1S/C16H18N/c1-3-13-10-11-17-12-14(4-2)16(13)15-8-6-5-7-9-15/h5-11,14H,3-4H2,1-2H3. The van der Waals surface area contributed by atoms with Crippen LogP contribution in [0.4, 0.5) is 0 Å². The van der Waals surface area contributed by atoms with E-state index in [-0.39, 0.29) is 0 Å². The first-order chi connectivity index (χ1) is 8.36. The predicted octanol–water partition coefficient (Wildman–Crippen LogP) is 4.35. The molecule has 1 aromatic rings. The second-order valence-electron chi connectivity index (χ2n) is 4.19. The average Bonchev–Trinajstić information content (AvgIpc) is 2.61. The maximum Gasteiger partial charge on any atom is 0.0699 e. The van der Waals surface area contributed by atoms with Crippen molar-refractivity contribution in [3.8, 4) is 0 Å². The molecule has 1 unspecified atom stereocenters. The SMILES string of the molecule is CCC1=C(c2ccccc2)C(CC)[C]=NC=C1. The minimum Gasteiger partial charge on any atom is -0.259 e. The zero-order chi connectivity index (χ0) is 12.1. The van der Waals surface area contributed by atoms with Crippen LogP contribution < -0.4 is 0 Å². The predicted molar refractivity (Wildman–Crippen MR) is 74.0 cm³/mol. The third-order valence-corrected chi connectivity index (χ3v) is 3.15. The van der Waals surface area contributed by atoms with E-state index in [4.69, 9.17) is 0 Å². The Morgan fingerprint density at radius 1 is 1.18 bits per heavy atom. The third kappa shape index (κ3) is 2.55. The maximum atomic E-state index is 4.22. The van der Waals surface area contributed by atoms with Crippen LogP contribution in [-0.2, 0) is 0 Å². The highest BCUT2D eigenvalue weighted by Crippen LogP contribution is 2.31. The van der Waals surface area contributed by atoms with E-state index in [2.05, 4.69) is 61.5 Å². The van der Waals surface area contributed by atoms with Gasteiger partial charge < -0.3 is 0 Å². The summed E-state index contributed by atoms with van der Waals surface area (Å²) in [5.41, 5.74) is 4.05. The fraction of sp³-hybridized carbons (Fsp3) is 0.312. The van der Waals surface area contributed by atoms with Crippen molar-refractivity contribution in [1.82, 2.24) is 0 Å². The molecule has 1 atom stereocenters. The van der Waals surface area contributed by atoms with Crippen molar-refractivity contribution in [3.05, 3.63) is 53.7 Å². The molecule has 1 nitrogen and oxygen atoms in total. The lowest BCUT2D eigenvalue weighted by Gasteiger charge is -2.17. The van der Waals surface area contributed by atoms with Crippen LogP contribution >= 0.6 is 0 Å². The first-order valence-electron chi connectivity index (χ1n) is 6.27. The van der Waals surface area contributed by atoms with Crippen LogP contribution in [0.15, 0.2) is 53.2 Å². The van der Waals surface area contributed by atoms with E-state index in [0.717, 1.165) is 12.8 Å². The summed E-state index contributed by atoms with van der Waals surface area (Å²) in [7, 11) is 0. The van der Waals surface area contributed by atoms with Crippen molar-refractivity contribution < 1.29 is 0 Å². The lowest BCUT2D eigenvalue weighted by Crippen LogP contribution is -2.05. The van der Waals surface area contributed by atoms with Gasteiger partial charge in [-0.3, -0.25) is 4.99 Å². The molecule has 2 rings (SSSR count). The normalized spacial score (nSPS) is 19.5. The van der Waals surface area contributed by atoms with Crippen LogP contribution in [-0.4, -0.2) is 6.21 Å². The zero-order valence-electron chi connectivity index (χ0n) is 10.5. The molecular weight excluding hydrogens is 206 g/mol. The Kier molecular flexibility index (Phi) is 3.92. The van der Waals surface area contributed by atoms with Gasteiger partial charge >= 0.3 is 0 Å². The summed E-state index contributed by atoms with van der Waals surface area (Å²) in [6.07, 6.45) is 9.28. The summed E-state index contributed by atoms with van der Waals surface area (Å²) in [6.45, 7) is 4.38. The Morgan fingerprint density at radius 2 is 1.94 bits per heavy atom. The summed E-state index contributed by atoms with van der Waals surface area (Å²) in [5.74, 6) is 0.308. The second-order valence-corrected chi connectivity index (χ2v) is 4.19. The highest BCUT2D eigenvalue weighted by Gasteiger charge is 2.17. The lowest BCUT2D eigenvalue weighted by molar-refractivity contribution is 0.843. The van der Waals surface area contributed by atoms with Crippen LogP contribution in [0.2, 0.25) is 0 Å². The van der Waals surface area contributed by atoms with Gasteiger partial charge in [0.05, 0.1) is 6.21 Å². The Labute approximate surface area is 104 Å². The molecule has 1 heteroatoms. The molecular formula is C16H18N.